The molecular weight excluding hydrogens is 290 g/mol. The molecule has 1 aliphatic rings. The van der Waals surface area contributed by atoms with Crippen LogP contribution in [0.3, 0.4) is 0 Å². The normalized spacial score (nSPS) is 21.6. The van der Waals surface area contributed by atoms with Crippen molar-refractivity contribution in [3.63, 3.8) is 0 Å². The lowest BCUT2D eigenvalue weighted by molar-refractivity contribution is 0.576. The molecule has 0 amide bonds. The lowest BCUT2D eigenvalue weighted by Crippen LogP contribution is -2.23. The van der Waals surface area contributed by atoms with Crippen LogP contribution < -0.4 is 10.6 Å². The molecule has 1 aliphatic carbocycles. The highest BCUT2D eigenvalue weighted by Gasteiger charge is 2.18. The molecule has 0 bridgehead atoms. The van der Waals surface area contributed by atoms with Crippen molar-refractivity contribution in [1.82, 2.24) is 4.98 Å². The Morgan fingerprint density at radius 1 is 1.35 bits per heavy atom. The van der Waals surface area contributed by atoms with Gasteiger partial charge in [0.05, 0.1) is 20.1 Å². The summed E-state index contributed by atoms with van der Waals surface area (Å²) < 4.78 is 7.13. The average Bonchev–Trinajstić information content (AvgIpc) is 2.85. The summed E-state index contributed by atoms with van der Waals surface area (Å²) in [7, 11) is 0. The van der Waals surface area contributed by atoms with E-state index in [-0.39, 0.29) is 0 Å². The first-order chi connectivity index (χ1) is 9.53. The Hall–Kier alpha value is -1.58. The standard InChI is InChI=1S/C16H12ClNOS/c1-9-18-11-5-6-13-14(15(11)20-9)10-8-16(2,17)7-3-4-12(10)19-13/h3-8H,1-2H3. The van der Waals surface area contributed by atoms with Crippen LogP contribution in [0.4, 0.5) is 0 Å². The first kappa shape index (κ1) is 12.2. The molecule has 0 aliphatic heterocycles. The Morgan fingerprint density at radius 3 is 3.05 bits per heavy atom. The van der Waals surface area contributed by atoms with Crippen LogP contribution in [0, 0.1) is 6.92 Å². The molecule has 0 saturated heterocycles. The summed E-state index contributed by atoms with van der Waals surface area (Å²) in [5, 5.41) is 3.25. The zero-order chi connectivity index (χ0) is 13.9. The molecule has 1 aromatic carbocycles. The van der Waals surface area contributed by atoms with Gasteiger partial charge < -0.3 is 4.42 Å². The number of halogens is 1. The predicted octanol–water partition coefficient (Wildman–Crippen LogP) is 3.48. The van der Waals surface area contributed by atoms with E-state index in [9.17, 15) is 0 Å². The second-order valence-electron chi connectivity index (χ2n) is 5.22. The van der Waals surface area contributed by atoms with E-state index in [1.165, 1.54) is 4.70 Å². The summed E-state index contributed by atoms with van der Waals surface area (Å²) in [6.45, 7) is 4.00. The number of fused-ring (bicyclic) bond motifs is 5. The van der Waals surface area contributed by atoms with Gasteiger partial charge in [-0.1, -0.05) is 12.2 Å². The van der Waals surface area contributed by atoms with Crippen molar-refractivity contribution in [3.8, 4) is 0 Å². The van der Waals surface area contributed by atoms with Crippen LogP contribution in [0.25, 0.3) is 33.3 Å². The minimum Gasteiger partial charge on any atom is -0.456 e. The smallest absolute Gasteiger partial charge is 0.136 e. The molecule has 0 saturated carbocycles. The van der Waals surface area contributed by atoms with Gasteiger partial charge in [0.25, 0.3) is 0 Å². The molecule has 4 rings (SSSR count). The van der Waals surface area contributed by atoms with Crippen LogP contribution in [0.2, 0.25) is 0 Å². The fraction of sp³-hybridized carbons (Fsp3) is 0.188. The first-order valence-corrected chi connectivity index (χ1v) is 7.63. The number of hydrogen-bond donors (Lipinski definition) is 0. The second kappa shape index (κ2) is 3.96. The maximum atomic E-state index is 6.50. The van der Waals surface area contributed by atoms with Crippen molar-refractivity contribution in [2.75, 3.05) is 0 Å². The number of allylic oxidation sites excluding steroid dienone is 2. The van der Waals surface area contributed by atoms with Gasteiger partial charge >= 0.3 is 0 Å². The fourth-order valence-electron chi connectivity index (χ4n) is 2.64. The second-order valence-corrected chi connectivity index (χ2v) is 7.24. The van der Waals surface area contributed by atoms with E-state index in [0.717, 1.165) is 32.1 Å². The summed E-state index contributed by atoms with van der Waals surface area (Å²) in [6, 6.07) is 4.00. The molecule has 2 nitrogen and oxygen atoms in total. The largest absolute Gasteiger partial charge is 0.456 e. The SMILES string of the molecule is Cc1nc2ccc3oc4c(c3c2s1)=CC(C)(Cl)C=CC=4. The van der Waals surface area contributed by atoms with Crippen molar-refractivity contribution in [2.24, 2.45) is 0 Å². The van der Waals surface area contributed by atoms with Crippen molar-refractivity contribution >= 4 is 56.3 Å². The number of furan rings is 1. The zero-order valence-corrected chi connectivity index (χ0v) is 12.7. The van der Waals surface area contributed by atoms with Gasteiger partial charge in [-0.15, -0.1) is 22.9 Å². The van der Waals surface area contributed by atoms with Crippen LogP contribution in [0.15, 0.2) is 28.7 Å². The van der Waals surface area contributed by atoms with Crippen molar-refractivity contribution < 1.29 is 4.42 Å². The predicted molar refractivity (Wildman–Crippen MR) is 85.7 cm³/mol. The van der Waals surface area contributed by atoms with Gasteiger partial charge in [-0.05, 0) is 38.1 Å². The number of thiazole rings is 1. The lowest BCUT2D eigenvalue weighted by atomic mass is 10.1. The van der Waals surface area contributed by atoms with E-state index in [4.69, 9.17) is 16.0 Å². The van der Waals surface area contributed by atoms with Crippen LogP contribution in [-0.4, -0.2) is 9.86 Å². The van der Waals surface area contributed by atoms with E-state index < -0.39 is 4.87 Å². The Labute approximate surface area is 124 Å². The molecule has 1 unspecified atom stereocenters. The number of hydrogen-bond acceptors (Lipinski definition) is 3. The quantitative estimate of drug-likeness (QED) is 0.594. The highest BCUT2D eigenvalue weighted by molar-refractivity contribution is 7.19. The molecule has 0 N–H and O–H groups in total. The molecule has 0 fully saturated rings. The maximum Gasteiger partial charge on any atom is 0.136 e. The number of benzene rings is 1. The summed E-state index contributed by atoms with van der Waals surface area (Å²) >= 11 is 8.20. The molecule has 3 aromatic rings. The fourth-order valence-corrected chi connectivity index (χ4v) is 3.80. The maximum absolute atomic E-state index is 6.50. The molecule has 2 aromatic heterocycles. The minimum atomic E-state index is -0.500. The van der Waals surface area contributed by atoms with Gasteiger partial charge in [0.15, 0.2) is 0 Å². The van der Waals surface area contributed by atoms with E-state index in [2.05, 4.69) is 11.1 Å². The van der Waals surface area contributed by atoms with Gasteiger partial charge in [-0.3, -0.25) is 0 Å². The molecule has 0 spiro atoms. The van der Waals surface area contributed by atoms with Crippen LogP contribution in [-0.2, 0) is 0 Å². The number of aromatic nitrogens is 1. The Kier molecular flexibility index (Phi) is 2.41. The van der Waals surface area contributed by atoms with Crippen LogP contribution in [0.5, 0.6) is 0 Å². The number of nitrogens with zero attached hydrogens (tertiary/aromatic N) is 1. The lowest BCUT2D eigenvalue weighted by Gasteiger charge is -2.09. The molecule has 4 heteroatoms. The van der Waals surface area contributed by atoms with Crippen LogP contribution >= 0.6 is 22.9 Å². The average molecular weight is 302 g/mol. The van der Waals surface area contributed by atoms with Crippen LogP contribution in [0.1, 0.15) is 11.9 Å². The van der Waals surface area contributed by atoms with Gasteiger partial charge in [-0.25, -0.2) is 4.98 Å². The number of aryl methyl sites for hydroxylation is 1. The van der Waals surface area contributed by atoms with Crippen molar-refractivity contribution in [3.05, 3.63) is 39.9 Å². The van der Waals surface area contributed by atoms with E-state index in [1.54, 1.807) is 11.3 Å². The summed E-state index contributed by atoms with van der Waals surface area (Å²) in [5.41, 5.74) is 2.77. The third-order valence-electron chi connectivity index (χ3n) is 3.48. The summed E-state index contributed by atoms with van der Waals surface area (Å²) in [6.07, 6.45) is 7.95. The number of alkyl halides is 1. The highest BCUT2D eigenvalue weighted by Crippen LogP contribution is 2.28. The molecule has 100 valence electrons. The Bertz CT molecular complexity index is 991. The monoisotopic (exact) mass is 301 g/mol. The first-order valence-electron chi connectivity index (χ1n) is 6.43. The van der Waals surface area contributed by atoms with E-state index in [0.29, 0.717) is 0 Å². The topological polar surface area (TPSA) is 26.0 Å². The van der Waals surface area contributed by atoms with Gasteiger partial charge in [0, 0.05) is 10.6 Å². The van der Waals surface area contributed by atoms with Gasteiger partial charge in [0.2, 0.25) is 0 Å². The third-order valence-corrected chi connectivity index (χ3v) is 4.72. The number of rotatable bonds is 0. The van der Waals surface area contributed by atoms with Crippen molar-refractivity contribution in [2.45, 2.75) is 18.7 Å². The van der Waals surface area contributed by atoms with Gasteiger partial charge in [-0.2, -0.15) is 0 Å². The molecule has 0 radical (unpaired) electrons. The van der Waals surface area contributed by atoms with Gasteiger partial charge in [0.1, 0.15) is 11.0 Å². The molecular formula is C16H12ClNOS. The molecule has 20 heavy (non-hydrogen) atoms. The third kappa shape index (κ3) is 1.74. The Balaban J connectivity index is 2.29. The Morgan fingerprint density at radius 2 is 2.20 bits per heavy atom. The highest BCUT2D eigenvalue weighted by atomic mass is 35.5. The summed E-state index contributed by atoms with van der Waals surface area (Å²) in [5.74, 6) is 0. The summed E-state index contributed by atoms with van der Waals surface area (Å²) in [4.78, 5) is 4.06. The molecule has 1 atom stereocenters. The minimum absolute atomic E-state index is 0.500. The molecule has 2 heterocycles. The van der Waals surface area contributed by atoms with E-state index >= 15 is 0 Å². The van der Waals surface area contributed by atoms with E-state index in [1.807, 2.05) is 44.2 Å². The van der Waals surface area contributed by atoms with Crippen molar-refractivity contribution in [1.29, 1.82) is 0 Å². The zero-order valence-electron chi connectivity index (χ0n) is 11.1.